The first kappa shape index (κ1) is 23.2. The van der Waals surface area contributed by atoms with E-state index in [0.717, 1.165) is 25.7 Å². The molecule has 6 nitrogen and oxygen atoms in total. The molecule has 0 radical (unpaired) electrons. The third kappa shape index (κ3) is 2.63. The van der Waals surface area contributed by atoms with E-state index in [1.165, 1.54) is 0 Å². The van der Waals surface area contributed by atoms with Gasteiger partial charge in [-0.05, 0) is 93.5 Å². The lowest BCUT2D eigenvalue weighted by atomic mass is 9.43. The Hall–Kier alpha value is -1.24. The number of ketones is 1. The van der Waals surface area contributed by atoms with E-state index in [-0.39, 0.29) is 59.0 Å². The van der Waals surface area contributed by atoms with Crippen molar-refractivity contribution in [2.75, 3.05) is 0 Å². The van der Waals surface area contributed by atoms with Crippen molar-refractivity contribution >= 4 is 11.8 Å². The quantitative estimate of drug-likeness (QED) is 0.472. The van der Waals surface area contributed by atoms with Crippen LogP contribution in [0.1, 0.15) is 73.1 Å². The van der Waals surface area contributed by atoms with E-state index < -0.39 is 22.7 Å². The summed E-state index contributed by atoms with van der Waals surface area (Å²) in [4.78, 5) is 25.8. The molecule has 34 heavy (non-hydrogen) atoms. The molecule has 188 valence electrons. The number of fused-ring (bicyclic) bond motifs is 8. The molecular formula is C28H40O6. The van der Waals surface area contributed by atoms with Crippen LogP contribution in [0.5, 0.6) is 0 Å². The van der Waals surface area contributed by atoms with Crippen molar-refractivity contribution in [1.82, 2.24) is 0 Å². The van der Waals surface area contributed by atoms with Crippen molar-refractivity contribution in [3.05, 3.63) is 12.2 Å². The fourth-order valence-electron chi connectivity index (χ4n) is 9.60. The van der Waals surface area contributed by atoms with Crippen LogP contribution in [0.2, 0.25) is 0 Å². The predicted molar refractivity (Wildman–Crippen MR) is 124 cm³/mol. The van der Waals surface area contributed by atoms with E-state index in [1.54, 1.807) is 6.08 Å². The standard InChI is InChI=1S/C28H40O6/c1-14-13-20(33-24(30)15(14)2)27(5,31)18-9-8-16-21-17(10-12-25(16,18)3)26(4)19(29)7-6-11-28(26,32)23-22(21)34-23/h6-7,14-18,20-23,31-32H,8-13H2,1-5H3/t14-,15+,16-,17-,18-,20+,21-,22-,23-,25-,26-,27+,28-/m0/s1. The highest BCUT2D eigenvalue weighted by atomic mass is 16.6. The molecule has 0 bridgehead atoms. The van der Waals surface area contributed by atoms with E-state index in [4.69, 9.17) is 9.47 Å². The van der Waals surface area contributed by atoms with Gasteiger partial charge in [0.15, 0.2) is 5.78 Å². The van der Waals surface area contributed by atoms with Gasteiger partial charge in [-0.15, -0.1) is 0 Å². The second-order valence-corrected chi connectivity index (χ2v) is 13.2. The van der Waals surface area contributed by atoms with Gasteiger partial charge in [-0.2, -0.15) is 0 Å². The average molecular weight is 473 g/mol. The summed E-state index contributed by atoms with van der Waals surface area (Å²) in [5, 5.41) is 23.7. The van der Waals surface area contributed by atoms with E-state index >= 15 is 0 Å². The molecule has 6 aliphatic rings. The maximum Gasteiger partial charge on any atom is 0.309 e. The highest BCUT2D eigenvalue weighted by molar-refractivity contribution is 5.97. The lowest BCUT2D eigenvalue weighted by Gasteiger charge is -2.60. The number of carbonyl (C=O) groups is 2. The number of rotatable bonds is 2. The SMILES string of the molecule is C[C@H]1C[C@H]([C@](C)(O)[C@H]2CC[C@H]3[C@@H]4[C@@H]5O[C@@H]5[C@@]5(O)CC=CC(=O)[C@]5(C)[C@H]4CC[C@]23C)OC(=O)[C@@H]1C. The first-order valence-corrected chi connectivity index (χ1v) is 13.4. The van der Waals surface area contributed by atoms with Crippen LogP contribution in [-0.2, 0) is 19.1 Å². The lowest BCUT2D eigenvalue weighted by Crippen LogP contribution is -2.67. The number of hydrogen-bond donors (Lipinski definition) is 2. The van der Waals surface area contributed by atoms with E-state index in [0.29, 0.717) is 18.8 Å². The summed E-state index contributed by atoms with van der Waals surface area (Å²) >= 11 is 0. The van der Waals surface area contributed by atoms with Crippen molar-refractivity contribution in [1.29, 1.82) is 0 Å². The Kier molecular flexibility index (Phi) is 4.74. The molecule has 0 aromatic heterocycles. The van der Waals surface area contributed by atoms with Gasteiger partial charge >= 0.3 is 5.97 Å². The van der Waals surface area contributed by atoms with Gasteiger partial charge in [0.1, 0.15) is 23.4 Å². The summed E-state index contributed by atoms with van der Waals surface area (Å²) in [6.07, 6.45) is 7.44. The van der Waals surface area contributed by atoms with Gasteiger partial charge in [0.2, 0.25) is 0 Å². The highest BCUT2D eigenvalue weighted by Gasteiger charge is 2.78. The molecule has 13 atom stereocenters. The molecule has 2 saturated heterocycles. The van der Waals surface area contributed by atoms with Crippen LogP contribution >= 0.6 is 0 Å². The molecule has 0 aromatic carbocycles. The molecule has 0 spiro atoms. The number of carbonyl (C=O) groups excluding carboxylic acids is 2. The highest BCUT2D eigenvalue weighted by Crippen LogP contribution is 2.72. The van der Waals surface area contributed by atoms with Gasteiger partial charge < -0.3 is 19.7 Å². The Morgan fingerprint density at radius 1 is 1.12 bits per heavy atom. The fourth-order valence-corrected chi connectivity index (χ4v) is 9.60. The van der Waals surface area contributed by atoms with E-state index in [2.05, 4.69) is 13.8 Å². The van der Waals surface area contributed by atoms with Gasteiger partial charge in [-0.25, -0.2) is 0 Å². The molecule has 3 saturated carbocycles. The van der Waals surface area contributed by atoms with Crippen LogP contribution in [0.15, 0.2) is 12.2 Å². The molecule has 2 heterocycles. The first-order valence-electron chi connectivity index (χ1n) is 13.4. The van der Waals surface area contributed by atoms with Gasteiger partial charge in [0, 0.05) is 0 Å². The fraction of sp³-hybridized carbons (Fsp3) is 0.857. The Bertz CT molecular complexity index is 957. The summed E-state index contributed by atoms with van der Waals surface area (Å²) in [6.45, 7) is 10.1. The molecule has 4 aliphatic carbocycles. The van der Waals surface area contributed by atoms with Gasteiger partial charge in [0.25, 0.3) is 0 Å². The third-order valence-electron chi connectivity index (χ3n) is 12.0. The molecule has 0 unspecified atom stereocenters. The molecule has 0 aromatic rings. The van der Waals surface area contributed by atoms with Crippen molar-refractivity contribution in [2.45, 2.75) is 103 Å². The first-order chi connectivity index (χ1) is 15.9. The molecule has 5 fully saturated rings. The van der Waals surface area contributed by atoms with Crippen LogP contribution in [0.25, 0.3) is 0 Å². The minimum absolute atomic E-state index is 0.0101. The second-order valence-electron chi connectivity index (χ2n) is 13.2. The Balaban J connectivity index is 1.32. The average Bonchev–Trinajstić information content (AvgIpc) is 3.49. The lowest BCUT2D eigenvalue weighted by molar-refractivity contribution is -0.206. The molecule has 6 rings (SSSR count). The summed E-state index contributed by atoms with van der Waals surface area (Å²) in [6, 6.07) is 0. The Morgan fingerprint density at radius 3 is 2.56 bits per heavy atom. The summed E-state index contributed by atoms with van der Waals surface area (Å²) in [5.74, 6) is 0.484. The topological polar surface area (TPSA) is 96.4 Å². The van der Waals surface area contributed by atoms with E-state index in [1.807, 2.05) is 26.8 Å². The zero-order valence-electron chi connectivity index (χ0n) is 21.1. The zero-order chi connectivity index (χ0) is 24.4. The number of ether oxygens (including phenoxy) is 2. The van der Waals surface area contributed by atoms with Gasteiger partial charge in [-0.1, -0.05) is 26.8 Å². The van der Waals surface area contributed by atoms with Crippen molar-refractivity contribution < 1.29 is 29.3 Å². The molecule has 6 heteroatoms. The molecule has 2 aliphatic heterocycles. The summed E-state index contributed by atoms with van der Waals surface area (Å²) in [5.41, 5.74) is -3.17. The Labute approximate surface area is 202 Å². The van der Waals surface area contributed by atoms with Crippen LogP contribution in [0.4, 0.5) is 0 Å². The minimum atomic E-state index is -1.12. The summed E-state index contributed by atoms with van der Waals surface area (Å²) in [7, 11) is 0. The van der Waals surface area contributed by atoms with Crippen molar-refractivity contribution in [2.24, 2.45) is 46.3 Å². The molecule has 0 amide bonds. The zero-order valence-corrected chi connectivity index (χ0v) is 21.1. The molecule has 2 N–H and O–H groups in total. The Morgan fingerprint density at radius 2 is 1.85 bits per heavy atom. The van der Waals surface area contributed by atoms with Crippen LogP contribution in [0.3, 0.4) is 0 Å². The maximum atomic E-state index is 13.3. The second kappa shape index (κ2) is 6.95. The minimum Gasteiger partial charge on any atom is -0.459 e. The van der Waals surface area contributed by atoms with Crippen LogP contribution in [0, 0.1) is 46.3 Å². The van der Waals surface area contributed by atoms with Gasteiger partial charge in [-0.3, -0.25) is 9.59 Å². The van der Waals surface area contributed by atoms with Crippen molar-refractivity contribution in [3.63, 3.8) is 0 Å². The van der Waals surface area contributed by atoms with E-state index in [9.17, 15) is 19.8 Å². The number of hydrogen-bond acceptors (Lipinski definition) is 6. The maximum absolute atomic E-state index is 13.3. The largest absolute Gasteiger partial charge is 0.459 e. The predicted octanol–water partition coefficient (Wildman–Crippen LogP) is 3.43. The smallest absolute Gasteiger partial charge is 0.309 e. The number of aliphatic hydroxyl groups is 2. The third-order valence-corrected chi connectivity index (χ3v) is 12.0. The monoisotopic (exact) mass is 472 g/mol. The number of esters is 1. The number of epoxide rings is 1. The van der Waals surface area contributed by atoms with Crippen LogP contribution in [-0.4, -0.2) is 51.5 Å². The normalized spacial score (nSPS) is 57.6. The van der Waals surface area contributed by atoms with Crippen molar-refractivity contribution in [3.8, 4) is 0 Å². The number of allylic oxidation sites excluding steroid dienone is 1. The van der Waals surface area contributed by atoms with Crippen LogP contribution < -0.4 is 0 Å². The summed E-state index contributed by atoms with van der Waals surface area (Å²) < 4.78 is 12.0. The molecular weight excluding hydrogens is 432 g/mol. The van der Waals surface area contributed by atoms with Gasteiger partial charge in [0.05, 0.1) is 17.4 Å². The number of cyclic esters (lactones) is 1.